The van der Waals surface area contributed by atoms with Gasteiger partial charge in [0.05, 0.1) is 6.61 Å². The lowest BCUT2D eigenvalue weighted by Gasteiger charge is -2.28. The molecule has 2 aromatic carbocycles. The third kappa shape index (κ3) is 3.55. The maximum Gasteiger partial charge on any atom is 0.227 e. The molecule has 0 radical (unpaired) electrons. The summed E-state index contributed by atoms with van der Waals surface area (Å²) in [6.07, 6.45) is 1.24. The van der Waals surface area contributed by atoms with Gasteiger partial charge in [0, 0.05) is 32.3 Å². The summed E-state index contributed by atoms with van der Waals surface area (Å²) in [5, 5.41) is 4.15. The molecule has 4 aromatic rings. The summed E-state index contributed by atoms with van der Waals surface area (Å²) in [5.74, 6) is 1.66. The third-order valence-electron chi connectivity index (χ3n) is 4.48. The van der Waals surface area contributed by atoms with Crippen LogP contribution in [0.15, 0.2) is 69.7 Å². The van der Waals surface area contributed by atoms with Gasteiger partial charge in [-0.3, -0.25) is 0 Å². The molecular weight excluding hydrogens is 456 g/mol. The third-order valence-corrected chi connectivity index (χ3v) is 6.82. The highest BCUT2D eigenvalue weighted by Gasteiger charge is 2.25. The average molecular weight is 471 g/mol. The highest BCUT2D eigenvalue weighted by Crippen LogP contribution is 2.40. The summed E-state index contributed by atoms with van der Waals surface area (Å²) in [7, 11) is 0. The van der Waals surface area contributed by atoms with Crippen LogP contribution in [0.25, 0.3) is 10.2 Å². The van der Waals surface area contributed by atoms with E-state index in [-0.39, 0.29) is 6.29 Å². The Hall–Kier alpha value is -1.93. The Morgan fingerprint density at radius 1 is 1.14 bits per heavy atom. The monoisotopic (exact) mass is 470 g/mol. The quantitative estimate of drug-likeness (QED) is 0.256. The first-order valence-electron chi connectivity index (χ1n) is 8.73. The molecule has 1 atom stereocenters. The molecule has 0 aliphatic carbocycles. The van der Waals surface area contributed by atoms with Crippen LogP contribution < -0.4 is 4.74 Å². The SMILES string of the molecule is Brc1cc2c(c(CSc3ncnc4sccc34)c1)O[C@@H](c1ccccc1)OC2. The normalized spacial score (nSPS) is 16.0. The zero-order chi connectivity index (χ0) is 18.9. The van der Waals surface area contributed by atoms with Gasteiger partial charge in [0.1, 0.15) is 21.9 Å². The van der Waals surface area contributed by atoms with Crippen LogP contribution in [0.3, 0.4) is 0 Å². The van der Waals surface area contributed by atoms with Crippen LogP contribution >= 0.6 is 39.0 Å². The van der Waals surface area contributed by atoms with Crippen LogP contribution in [0.4, 0.5) is 0 Å². The molecular formula is C21H15BrN2O2S2. The average Bonchev–Trinajstić information content (AvgIpc) is 3.22. The van der Waals surface area contributed by atoms with Crippen molar-refractivity contribution in [1.82, 2.24) is 9.97 Å². The number of hydrogen-bond donors (Lipinski definition) is 0. The minimum absolute atomic E-state index is 0.388. The lowest BCUT2D eigenvalue weighted by molar-refractivity contribution is -0.111. The standard InChI is InChI=1S/C21H15BrN2O2S2/c22-16-8-14-10-25-21(13-4-2-1-3-5-13)26-18(14)15(9-16)11-28-20-17-6-7-27-19(17)23-12-24-20/h1-9,12,21H,10-11H2/t21-/m0/s1. The minimum Gasteiger partial charge on any atom is -0.460 e. The van der Waals surface area contributed by atoms with Crippen molar-refractivity contribution in [3.63, 3.8) is 0 Å². The van der Waals surface area contributed by atoms with E-state index in [1.54, 1.807) is 29.4 Å². The largest absolute Gasteiger partial charge is 0.460 e. The van der Waals surface area contributed by atoms with Crippen LogP contribution in [-0.2, 0) is 17.1 Å². The van der Waals surface area contributed by atoms with Crippen molar-refractivity contribution in [3.05, 3.63) is 81.4 Å². The van der Waals surface area contributed by atoms with Crippen molar-refractivity contribution < 1.29 is 9.47 Å². The van der Waals surface area contributed by atoms with Gasteiger partial charge in [-0.05, 0) is 23.6 Å². The number of aromatic nitrogens is 2. The Labute approximate surface area is 179 Å². The molecule has 0 amide bonds. The summed E-state index contributed by atoms with van der Waals surface area (Å²) in [6, 6.07) is 16.3. The fraction of sp³-hybridized carbons (Fsp3) is 0.143. The number of benzene rings is 2. The first kappa shape index (κ1) is 18.1. The van der Waals surface area contributed by atoms with Gasteiger partial charge in [-0.25, -0.2) is 9.97 Å². The van der Waals surface area contributed by atoms with Gasteiger partial charge < -0.3 is 9.47 Å². The Kier molecular flexibility index (Phi) is 5.07. The predicted molar refractivity (Wildman–Crippen MR) is 116 cm³/mol. The molecule has 1 aliphatic rings. The molecule has 5 rings (SSSR count). The molecule has 0 saturated heterocycles. The van der Waals surface area contributed by atoms with Crippen molar-refractivity contribution in [3.8, 4) is 5.75 Å². The number of fused-ring (bicyclic) bond motifs is 2. The van der Waals surface area contributed by atoms with Gasteiger partial charge in [0.15, 0.2) is 0 Å². The molecule has 28 heavy (non-hydrogen) atoms. The number of rotatable bonds is 4. The minimum atomic E-state index is -0.388. The van der Waals surface area contributed by atoms with E-state index in [4.69, 9.17) is 9.47 Å². The van der Waals surface area contributed by atoms with Crippen LogP contribution in [0.5, 0.6) is 5.75 Å². The number of hydrogen-bond acceptors (Lipinski definition) is 6. The highest BCUT2D eigenvalue weighted by molar-refractivity contribution is 9.10. The summed E-state index contributed by atoms with van der Waals surface area (Å²) < 4.78 is 13.2. The van der Waals surface area contributed by atoms with Crippen LogP contribution in [0.1, 0.15) is 23.0 Å². The van der Waals surface area contributed by atoms with Crippen molar-refractivity contribution in [2.45, 2.75) is 23.7 Å². The Morgan fingerprint density at radius 3 is 2.93 bits per heavy atom. The molecule has 0 N–H and O–H groups in total. The highest BCUT2D eigenvalue weighted by atomic mass is 79.9. The van der Waals surface area contributed by atoms with Gasteiger partial charge in [-0.1, -0.05) is 46.3 Å². The molecule has 0 saturated carbocycles. The van der Waals surface area contributed by atoms with E-state index in [1.807, 2.05) is 30.3 Å². The Bertz CT molecular complexity index is 1130. The van der Waals surface area contributed by atoms with E-state index in [0.717, 1.165) is 47.9 Å². The molecule has 0 unspecified atom stereocenters. The lowest BCUT2D eigenvalue weighted by atomic mass is 10.1. The fourth-order valence-corrected chi connectivity index (χ4v) is 5.49. The van der Waals surface area contributed by atoms with Gasteiger partial charge in [-0.2, -0.15) is 0 Å². The maximum absolute atomic E-state index is 6.28. The van der Waals surface area contributed by atoms with Gasteiger partial charge in [0.25, 0.3) is 0 Å². The summed E-state index contributed by atoms with van der Waals surface area (Å²) in [6.45, 7) is 0.522. The number of thiophene rings is 1. The Balaban J connectivity index is 1.44. The van der Waals surface area contributed by atoms with E-state index in [0.29, 0.717) is 6.61 Å². The summed E-state index contributed by atoms with van der Waals surface area (Å²) >= 11 is 6.95. The first-order valence-corrected chi connectivity index (χ1v) is 11.4. The molecule has 0 bridgehead atoms. The second-order valence-electron chi connectivity index (χ2n) is 6.33. The topological polar surface area (TPSA) is 44.2 Å². The van der Waals surface area contributed by atoms with Crippen molar-refractivity contribution in [2.75, 3.05) is 0 Å². The van der Waals surface area contributed by atoms with E-state index in [9.17, 15) is 0 Å². The molecule has 140 valence electrons. The number of nitrogens with zero attached hydrogens (tertiary/aromatic N) is 2. The molecule has 7 heteroatoms. The number of halogens is 1. The fourth-order valence-electron chi connectivity index (χ4n) is 3.19. The number of thioether (sulfide) groups is 1. The molecule has 0 fully saturated rings. The van der Waals surface area contributed by atoms with E-state index in [2.05, 4.69) is 49.5 Å². The van der Waals surface area contributed by atoms with E-state index < -0.39 is 0 Å². The second-order valence-corrected chi connectivity index (χ2v) is 9.11. The van der Waals surface area contributed by atoms with Crippen LogP contribution in [0, 0.1) is 0 Å². The molecule has 2 aromatic heterocycles. The van der Waals surface area contributed by atoms with Gasteiger partial charge in [0.2, 0.25) is 6.29 Å². The van der Waals surface area contributed by atoms with E-state index >= 15 is 0 Å². The lowest BCUT2D eigenvalue weighted by Crippen LogP contribution is -2.19. The Morgan fingerprint density at radius 2 is 2.04 bits per heavy atom. The summed E-state index contributed by atoms with van der Waals surface area (Å²) in [4.78, 5) is 9.82. The molecule has 4 nitrogen and oxygen atoms in total. The van der Waals surface area contributed by atoms with Crippen LogP contribution in [0.2, 0.25) is 0 Å². The maximum atomic E-state index is 6.28. The summed E-state index contributed by atoms with van der Waals surface area (Å²) in [5.41, 5.74) is 3.20. The van der Waals surface area contributed by atoms with Crippen molar-refractivity contribution in [2.24, 2.45) is 0 Å². The van der Waals surface area contributed by atoms with Crippen molar-refractivity contribution >= 4 is 49.2 Å². The number of ether oxygens (including phenoxy) is 2. The smallest absolute Gasteiger partial charge is 0.227 e. The zero-order valence-corrected chi connectivity index (χ0v) is 17.9. The first-order chi connectivity index (χ1) is 13.8. The molecule has 3 heterocycles. The van der Waals surface area contributed by atoms with Crippen molar-refractivity contribution in [1.29, 1.82) is 0 Å². The zero-order valence-electron chi connectivity index (χ0n) is 14.7. The molecule has 0 spiro atoms. The van der Waals surface area contributed by atoms with E-state index in [1.165, 1.54) is 0 Å². The predicted octanol–water partition coefficient (Wildman–Crippen LogP) is 6.35. The second kappa shape index (κ2) is 7.83. The van der Waals surface area contributed by atoms with Gasteiger partial charge in [-0.15, -0.1) is 23.1 Å². The van der Waals surface area contributed by atoms with Gasteiger partial charge >= 0.3 is 0 Å². The van der Waals surface area contributed by atoms with Crippen LogP contribution in [-0.4, -0.2) is 9.97 Å². The molecule has 1 aliphatic heterocycles.